The van der Waals surface area contributed by atoms with Gasteiger partial charge in [0.05, 0.1) is 23.0 Å². The number of hydrogen-bond donors (Lipinski definition) is 1. The molecule has 7 heteroatoms. The summed E-state index contributed by atoms with van der Waals surface area (Å²) in [5, 5.41) is 17.2. The van der Waals surface area contributed by atoms with Gasteiger partial charge >= 0.3 is 0 Å². The van der Waals surface area contributed by atoms with E-state index >= 15 is 0 Å². The predicted octanol–water partition coefficient (Wildman–Crippen LogP) is 5.43. The molecule has 5 rings (SSSR count). The highest BCUT2D eigenvalue weighted by molar-refractivity contribution is 5.64. The summed E-state index contributed by atoms with van der Waals surface area (Å²) in [6, 6.07) is 28.2. The third kappa shape index (κ3) is 5.23. The van der Waals surface area contributed by atoms with Crippen LogP contribution in [-0.2, 0) is 12.8 Å². The summed E-state index contributed by atoms with van der Waals surface area (Å²) >= 11 is 0. The molecule has 0 aliphatic carbocycles. The van der Waals surface area contributed by atoms with Crippen molar-refractivity contribution in [2.45, 2.75) is 19.8 Å². The average Bonchev–Trinajstić information content (AvgIpc) is 3.34. The Morgan fingerprint density at radius 3 is 2.49 bits per heavy atom. The third-order valence-corrected chi connectivity index (χ3v) is 5.70. The van der Waals surface area contributed by atoms with Crippen LogP contribution in [0.1, 0.15) is 22.5 Å². The van der Waals surface area contributed by atoms with Crippen LogP contribution in [0.5, 0.6) is 0 Å². The molecule has 0 unspecified atom stereocenters. The van der Waals surface area contributed by atoms with E-state index in [1.807, 2.05) is 67.6 Å². The molecule has 0 bridgehead atoms. The molecule has 2 aromatic heterocycles. The van der Waals surface area contributed by atoms with E-state index in [1.54, 1.807) is 17.2 Å². The molecule has 7 nitrogen and oxygen atoms in total. The van der Waals surface area contributed by atoms with Gasteiger partial charge in [-0.15, -0.1) is 0 Å². The Hall–Kier alpha value is -4.83. The Bertz CT molecular complexity index is 1480. The number of nitrogens with one attached hydrogen (secondary N) is 1. The first-order valence-electron chi connectivity index (χ1n) is 11.3. The molecule has 5 aromatic rings. The van der Waals surface area contributed by atoms with Crippen LogP contribution < -0.4 is 5.32 Å². The van der Waals surface area contributed by atoms with Crippen LogP contribution in [0.2, 0.25) is 0 Å². The van der Waals surface area contributed by atoms with Gasteiger partial charge in [-0.25, -0.2) is 19.6 Å². The summed E-state index contributed by atoms with van der Waals surface area (Å²) in [4.78, 5) is 13.2. The van der Waals surface area contributed by atoms with Crippen LogP contribution in [0, 0.1) is 18.3 Å². The normalized spacial score (nSPS) is 10.6. The lowest BCUT2D eigenvalue weighted by Crippen LogP contribution is -2.00. The SMILES string of the molecule is Cc1ncn(-c2ccc(Nc3nccc(-c4ccc(C#N)c(CCc5ccccc5)c4)n3)cc2)n1. The largest absolute Gasteiger partial charge is 0.324 e. The summed E-state index contributed by atoms with van der Waals surface area (Å²) < 4.78 is 1.73. The highest BCUT2D eigenvalue weighted by Gasteiger charge is 2.09. The number of aromatic nitrogens is 5. The highest BCUT2D eigenvalue weighted by Crippen LogP contribution is 2.24. The van der Waals surface area contributed by atoms with Gasteiger partial charge in [-0.3, -0.25) is 0 Å². The fourth-order valence-corrected chi connectivity index (χ4v) is 3.87. The average molecular weight is 458 g/mol. The monoisotopic (exact) mass is 457 g/mol. The molecule has 0 spiro atoms. The van der Waals surface area contributed by atoms with Crippen molar-refractivity contribution in [1.29, 1.82) is 5.26 Å². The van der Waals surface area contributed by atoms with Gasteiger partial charge in [-0.1, -0.05) is 36.4 Å². The van der Waals surface area contributed by atoms with Crippen LogP contribution >= 0.6 is 0 Å². The Kier molecular flexibility index (Phi) is 6.27. The van der Waals surface area contributed by atoms with E-state index in [9.17, 15) is 5.26 Å². The number of anilines is 2. The number of nitrogens with zero attached hydrogens (tertiary/aromatic N) is 6. The quantitative estimate of drug-likeness (QED) is 0.350. The van der Waals surface area contributed by atoms with E-state index in [1.165, 1.54) is 5.56 Å². The van der Waals surface area contributed by atoms with Crippen LogP contribution in [0.3, 0.4) is 0 Å². The minimum atomic E-state index is 0.502. The Morgan fingerprint density at radius 2 is 1.74 bits per heavy atom. The molecule has 0 aliphatic heterocycles. The summed E-state index contributed by atoms with van der Waals surface area (Å²) in [6.45, 7) is 1.86. The van der Waals surface area contributed by atoms with E-state index in [-0.39, 0.29) is 0 Å². The molecule has 3 aromatic carbocycles. The van der Waals surface area contributed by atoms with Crippen molar-refractivity contribution in [3.63, 3.8) is 0 Å². The molecule has 35 heavy (non-hydrogen) atoms. The Morgan fingerprint density at radius 1 is 0.914 bits per heavy atom. The van der Waals surface area contributed by atoms with Crippen molar-refractivity contribution >= 4 is 11.6 Å². The highest BCUT2D eigenvalue weighted by atomic mass is 15.3. The molecule has 1 N–H and O–H groups in total. The zero-order valence-electron chi connectivity index (χ0n) is 19.3. The van der Waals surface area contributed by atoms with Crippen LogP contribution in [0.25, 0.3) is 16.9 Å². The summed E-state index contributed by atoms with van der Waals surface area (Å²) in [6.07, 6.45) is 5.09. The smallest absolute Gasteiger partial charge is 0.227 e. The van der Waals surface area contributed by atoms with Crippen LogP contribution in [0.15, 0.2) is 91.4 Å². The lowest BCUT2D eigenvalue weighted by Gasteiger charge is -2.10. The van der Waals surface area contributed by atoms with E-state index in [4.69, 9.17) is 4.98 Å². The number of aryl methyl sites for hydroxylation is 3. The molecule has 0 fully saturated rings. The zero-order chi connectivity index (χ0) is 24.0. The van der Waals surface area contributed by atoms with Crippen molar-refractivity contribution in [3.05, 3.63) is 114 Å². The van der Waals surface area contributed by atoms with Gasteiger partial charge in [0.25, 0.3) is 0 Å². The Labute approximate surface area is 203 Å². The van der Waals surface area contributed by atoms with Gasteiger partial charge < -0.3 is 5.32 Å². The standard InChI is InChI=1S/C28H23N7/c1-20-31-19-35(34-20)26-13-11-25(12-14-26)32-28-30-16-15-27(33-28)23-9-10-24(18-29)22(17-23)8-7-21-5-3-2-4-6-21/h2-6,9-17,19H,7-8H2,1H3,(H,30,32,33). The molecule has 2 heterocycles. The first kappa shape index (κ1) is 22.0. The molecule has 0 saturated carbocycles. The Balaban J connectivity index is 1.34. The fraction of sp³-hybridized carbons (Fsp3) is 0.107. The number of nitriles is 1. The van der Waals surface area contributed by atoms with Crippen molar-refractivity contribution in [3.8, 4) is 23.0 Å². The van der Waals surface area contributed by atoms with Gasteiger partial charge in [0.2, 0.25) is 5.95 Å². The van der Waals surface area contributed by atoms with Gasteiger partial charge in [-0.05, 0) is 73.4 Å². The first-order chi connectivity index (χ1) is 17.2. The fourth-order valence-electron chi connectivity index (χ4n) is 3.87. The molecule has 0 radical (unpaired) electrons. The van der Waals surface area contributed by atoms with Crippen molar-refractivity contribution in [2.75, 3.05) is 5.32 Å². The van der Waals surface area contributed by atoms with Gasteiger partial charge in [-0.2, -0.15) is 10.4 Å². The van der Waals surface area contributed by atoms with E-state index < -0.39 is 0 Å². The molecule has 0 saturated heterocycles. The zero-order valence-corrected chi connectivity index (χ0v) is 19.3. The number of rotatable bonds is 7. The summed E-state index contributed by atoms with van der Waals surface area (Å²) in [5.74, 6) is 1.23. The number of hydrogen-bond acceptors (Lipinski definition) is 6. The van der Waals surface area contributed by atoms with E-state index in [2.05, 4.69) is 44.7 Å². The number of benzene rings is 3. The second-order valence-corrected chi connectivity index (χ2v) is 8.14. The topological polar surface area (TPSA) is 92.3 Å². The maximum absolute atomic E-state index is 9.58. The lowest BCUT2D eigenvalue weighted by atomic mass is 9.97. The third-order valence-electron chi connectivity index (χ3n) is 5.70. The van der Waals surface area contributed by atoms with E-state index in [0.29, 0.717) is 11.5 Å². The van der Waals surface area contributed by atoms with Gasteiger partial charge in [0.15, 0.2) is 0 Å². The molecular weight excluding hydrogens is 434 g/mol. The summed E-state index contributed by atoms with van der Waals surface area (Å²) in [5.41, 5.74) is 6.50. The van der Waals surface area contributed by atoms with Crippen molar-refractivity contribution in [2.24, 2.45) is 0 Å². The van der Waals surface area contributed by atoms with Gasteiger partial charge in [0, 0.05) is 17.4 Å². The van der Waals surface area contributed by atoms with Crippen LogP contribution in [0.4, 0.5) is 11.6 Å². The molecule has 170 valence electrons. The minimum absolute atomic E-state index is 0.502. The van der Waals surface area contributed by atoms with Crippen molar-refractivity contribution in [1.82, 2.24) is 24.7 Å². The summed E-state index contributed by atoms with van der Waals surface area (Å²) in [7, 11) is 0. The van der Waals surface area contributed by atoms with E-state index in [0.717, 1.165) is 46.9 Å². The van der Waals surface area contributed by atoms with Crippen molar-refractivity contribution < 1.29 is 0 Å². The van der Waals surface area contributed by atoms with Crippen LogP contribution in [-0.4, -0.2) is 24.7 Å². The van der Waals surface area contributed by atoms with Gasteiger partial charge in [0.1, 0.15) is 12.2 Å². The molecule has 0 aliphatic rings. The molecule has 0 amide bonds. The first-order valence-corrected chi connectivity index (χ1v) is 11.3. The second kappa shape index (κ2) is 9.98. The second-order valence-electron chi connectivity index (χ2n) is 8.14. The molecular formula is C28H23N7. The maximum atomic E-state index is 9.58. The molecule has 0 atom stereocenters. The minimum Gasteiger partial charge on any atom is -0.324 e. The maximum Gasteiger partial charge on any atom is 0.227 e. The lowest BCUT2D eigenvalue weighted by molar-refractivity contribution is 0.863. The predicted molar refractivity (Wildman–Crippen MR) is 135 cm³/mol.